The van der Waals surface area contributed by atoms with Crippen molar-refractivity contribution in [1.29, 1.82) is 0 Å². The number of hydrogen-bond donors (Lipinski definition) is 2. The van der Waals surface area contributed by atoms with E-state index in [-0.39, 0.29) is 0 Å². The number of halogens is 1. The van der Waals surface area contributed by atoms with Gasteiger partial charge < -0.3 is 4.98 Å². The summed E-state index contributed by atoms with van der Waals surface area (Å²) >= 11 is 3.31. The molecule has 0 saturated carbocycles. The number of fused-ring (bicyclic) bond motifs is 1. The summed E-state index contributed by atoms with van der Waals surface area (Å²) in [6.45, 7) is 0. The molecule has 0 spiro atoms. The van der Waals surface area contributed by atoms with E-state index in [4.69, 9.17) is 0 Å². The summed E-state index contributed by atoms with van der Waals surface area (Å²) in [5.41, 5.74) is 2.73. The van der Waals surface area contributed by atoms with Gasteiger partial charge in [-0.2, -0.15) is 5.10 Å². The molecule has 5 nitrogen and oxygen atoms in total. The Balaban J connectivity index is 2.22. The predicted molar refractivity (Wildman–Crippen MR) is 59.2 cm³/mol. The first-order valence-electron chi connectivity index (χ1n) is 4.33. The number of aromatic nitrogens is 5. The minimum Gasteiger partial charge on any atom is -0.337 e. The van der Waals surface area contributed by atoms with Gasteiger partial charge in [-0.1, -0.05) is 0 Å². The van der Waals surface area contributed by atoms with E-state index in [0.717, 1.165) is 27.0 Å². The van der Waals surface area contributed by atoms with E-state index < -0.39 is 0 Å². The molecule has 6 heteroatoms. The molecule has 3 rings (SSSR count). The van der Waals surface area contributed by atoms with Gasteiger partial charge in [-0.15, -0.1) is 0 Å². The highest BCUT2D eigenvalue weighted by Crippen LogP contribution is 2.20. The molecule has 0 aliphatic rings. The molecule has 0 saturated heterocycles. The van der Waals surface area contributed by atoms with Crippen molar-refractivity contribution < 1.29 is 0 Å². The number of nitrogens with zero attached hydrogens (tertiary/aromatic N) is 3. The maximum Gasteiger partial charge on any atom is 0.141 e. The highest BCUT2D eigenvalue weighted by molar-refractivity contribution is 9.10. The fourth-order valence-corrected chi connectivity index (χ4v) is 1.72. The maximum atomic E-state index is 4.43. The molecular formula is C9H6BrN5. The molecule has 3 aromatic heterocycles. The first-order chi connectivity index (χ1) is 7.33. The Morgan fingerprint density at radius 1 is 1.27 bits per heavy atom. The molecule has 0 amide bonds. The lowest BCUT2D eigenvalue weighted by molar-refractivity contribution is 1.09. The molecule has 0 fully saturated rings. The van der Waals surface area contributed by atoms with Crippen LogP contribution in [0.3, 0.4) is 0 Å². The van der Waals surface area contributed by atoms with Crippen LogP contribution in [0.25, 0.3) is 22.4 Å². The zero-order valence-electron chi connectivity index (χ0n) is 7.53. The number of hydrogen-bond acceptors (Lipinski definition) is 3. The van der Waals surface area contributed by atoms with E-state index in [1.54, 1.807) is 18.6 Å². The smallest absolute Gasteiger partial charge is 0.141 e. The van der Waals surface area contributed by atoms with E-state index in [9.17, 15) is 0 Å². The molecule has 0 aromatic carbocycles. The second-order valence-electron chi connectivity index (χ2n) is 3.10. The van der Waals surface area contributed by atoms with Crippen LogP contribution in [0.4, 0.5) is 0 Å². The van der Waals surface area contributed by atoms with Gasteiger partial charge in [-0.25, -0.2) is 9.97 Å². The van der Waals surface area contributed by atoms with Gasteiger partial charge >= 0.3 is 0 Å². The van der Waals surface area contributed by atoms with Crippen LogP contribution in [0.2, 0.25) is 0 Å². The van der Waals surface area contributed by atoms with Crippen molar-refractivity contribution in [3.8, 4) is 11.4 Å². The number of H-pyrrole nitrogens is 2. The third-order valence-corrected chi connectivity index (χ3v) is 2.54. The van der Waals surface area contributed by atoms with Crippen molar-refractivity contribution in [2.45, 2.75) is 0 Å². The lowest BCUT2D eigenvalue weighted by Crippen LogP contribution is -1.74. The lowest BCUT2D eigenvalue weighted by Gasteiger charge is -1.86. The van der Waals surface area contributed by atoms with Crippen molar-refractivity contribution in [1.82, 2.24) is 25.1 Å². The minimum atomic E-state index is 0.778. The maximum absolute atomic E-state index is 4.43. The van der Waals surface area contributed by atoms with Gasteiger partial charge in [-0.05, 0) is 22.0 Å². The Morgan fingerprint density at radius 2 is 2.20 bits per heavy atom. The molecule has 0 bridgehead atoms. The van der Waals surface area contributed by atoms with Gasteiger partial charge in [0.25, 0.3) is 0 Å². The molecule has 74 valence electrons. The minimum absolute atomic E-state index is 0.778. The third-order valence-electron chi connectivity index (χ3n) is 2.11. The van der Waals surface area contributed by atoms with Crippen LogP contribution in [-0.2, 0) is 0 Å². The SMILES string of the molecule is Brc1cc2nc(-c3cn[nH]c3)[nH]c2cn1. The van der Waals surface area contributed by atoms with E-state index in [1.165, 1.54) is 0 Å². The highest BCUT2D eigenvalue weighted by Gasteiger charge is 2.06. The molecule has 3 aromatic rings. The zero-order chi connectivity index (χ0) is 10.3. The third kappa shape index (κ3) is 1.42. The molecule has 0 unspecified atom stereocenters. The Labute approximate surface area is 93.1 Å². The van der Waals surface area contributed by atoms with Gasteiger partial charge in [0.05, 0.1) is 29.0 Å². The summed E-state index contributed by atoms with van der Waals surface area (Å²) in [5.74, 6) is 0.790. The van der Waals surface area contributed by atoms with E-state index >= 15 is 0 Å². The fraction of sp³-hybridized carbons (Fsp3) is 0. The van der Waals surface area contributed by atoms with E-state index in [2.05, 4.69) is 41.1 Å². The topological polar surface area (TPSA) is 70.2 Å². The molecule has 15 heavy (non-hydrogen) atoms. The van der Waals surface area contributed by atoms with Crippen LogP contribution in [-0.4, -0.2) is 25.1 Å². The van der Waals surface area contributed by atoms with Gasteiger partial charge in [0.15, 0.2) is 0 Å². The van der Waals surface area contributed by atoms with Crippen LogP contribution in [0.1, 0.15) is 0 Å². The Morgan fingerprint density at radius 3 is 3.00 bits per heavy atom. The summed E-state index contributed by atoms with van der Waals surface area (Å²) < 4.78 is 0.778. The molecule has 0 radical (unpaired) electrons. The van der Waals surface area contributed by atoms with Gasteiger partial charge in [0.1, 0.15) is 10.4 Å². The lowest BCUT2D eigenvalue weighted by atomic mass is 10.3. The monoisotopic (exact) mass is 263 g/mol. The van der Waals surface area contributed by atoms with Crippen LogP contribution >= 0.6 is 15.9 Å². The molecule has 3 heterocycles. The second kappa shape index (κ2) is 3.16. The summed E-state index contributed by atoms with van der Waals surface area (Å²) in [7, 11) is 0. The van der Waals surface area contributed by atoms with Crippen LogP contribution in [0, 0.1) is 0 Å². The normalized spacial score (nSPS) is 11.0. The van der Waals surface area contributed by atoms with E-state index in [1.807, 2.05) is 6.07 Å². The van der Waals surface area contributed by atoms with Crippen LogP contribution < -0.4 is 0 Å². The van der Waals surface area contributed by atoms with E-state index in [0.29, 0.717) is 0 Å². The van der Waals surface area contributed by atoms with Crippen molar-refractivity contribution >= 4 is 27.0 Å². The first kappa shape index (κ1) is 8.60. The average molecular weight is 264 g/mol. The fourth-order valence-electron chi connectivity index (χ4n) is 1.40. The largest absolute Gasteiger partial charge is 0.337 e. The zero-order valence-corrected chi connectivity index (χ0v) is 9.12. The second-order valence-corrected chi connectivity index (χ2v) is 3.91. The summed E-state index contributed by atoms with van der Waals surface area (Å²) in [5, 5.41) is 6.63. The summed E-state index contributed by atoms with van der Waals surface area (Å²) in [6.07, 6.45) is 5.26. The first-order valence-corrected chi connectivity index (χ1v) is 5.12. The van der Waals surface area contributed by atoms with Gasteiger partial charge in [0, 0.05) is 6.20 Å². The molecule has 2 N–H and O–H groups in total. The Bertz CT molecular complexity index is 598. The number of imidazole rings is 1. The van der Waals surface area contributed by atoms with Crippen molar-refractivity contribution in [3.63, 3.8) is 0 Å². The number of nitrogens with one attached hydrogen (secondary N) is 2. The van der Waals surface area contributed by atoms with Crippen molar-refractivity contribution in [3.05, 3.63) is 29.3 Å². The van der Waals surface area contributed by atoms with Gasteiger partial charge in [-0.3, -0.25) is 5.10 Å². The molecular weight excluding hydrogens is 258 g/mol. The molecule has 0 atom stereocenters. The number of aromatic amines is 2. The van der Waals surface area contributed by atoms with Crippen LogP contribution in [0.5, 0.6) is 0 Å². The van der Waals surface area contributed by atoms with Crippen molar-refractivity contribution in [2.75, 3.05) is 0 Å². The van der Waals surface area contributed by atoms with Crippen molar-refractivity contribution in [2.24, 2.45) is 0 Å². The predicted octanol–water partition coefficient (Wildman–Crippen LogP) is 2.11. The summed E-state index contributed by atoms with van der Waals surface area (Å²) in [4.78, 5) is 11.7. The number of rotatable bonds is 1. The summed E-state index contributed by atoms with van der Waals surface area (Å²) in [6, 6.07) is 1.87. The van der Waals surface area contributed by atoms with Gasteiger partial charge in [0.2, 0.25) is 0 Å². The highest BCUT2D eigenvalue weighted by atomic mass is 79.9. The average Bonchev–Trinajstić information content (AvgIpc) is 2.84. The Hall–Kier alpha value is -1.69. The quantitative estimate of drug-likeness (QED) is 0.661. The number of pyridine rings is 1. The molecule has 0 aliphatic carbocycles. The van der Waals surface area contributed by atoms with Crippen LogP contribution in [0.15, 0.2) is 29.3 Å². The Kier molecular flexibility index (Phi) is 1.81. The molecule has 0 aliphatic heterocycles. The standard InChI is InChI=1S/C9H6BrN5/c10-8-1-6-7(4-11-8)15-9(14-6)5-2-12-13-3-5/h1-4H,(H,12,13)(H,14,15).